The Bertz CT molecular complexity index is 797. The maximum atomic E-state index is 12.4. The molecule has 1 N–H and O–H groups in total. The van der Waals surface area contributed by atoms with Gasteiger partial charge in [0, 0.05) is 22.2 Å². The van der Waals surface area contributed by atoms with Crippen molar-refractivity contribution in [2.24, 2.45) is 0 Å². The molecule has 2 aromatic carbocycles. The van der Waals surface area contributed by atoms with Crippen LogP contribution in [0.25, 0.3) is 0 Å². The molecule has 0 aliphatic heterocycles. The molecule has 0 saturated heterocycles. The van der Waals surface area contributed by atoms with Crippen LogP contribution in [0.4, 0.5) is 5.69 Å². The molecule has 3 rings (SSSR count). The molecular formula is C16H9Cl2NO2. The third-order valence-corrected chi connectivity index (χ3v) is 3.71. The third-order valence-electron chi connectivity index (χ3n) is 3.16. The van der Waals surface area contributed by atoms with Crippen LogP contribution in [0.1, 0.15) is 20.7 Å². The first-order valence-corrected chi connectivity index (χ1v) is 6.93. The number of halogens is 2. The summed E-state index contributed by atoms with van der Waals surface area (Å²) in [5, 5.41) is 3.77. The van der Waals surface area contributed by atoms with Gasteiger partial charge in [-0.3, -0.25) is 9.59 Å². The number of carbonyl (C=O) groups excluding carboxylic acids is 2. The number of Topliss-reactive ketones (excluding diaryl/α,β-unsaturated/α-hetero) is 1. The monoisotopic (exact) mass is 317 g/mol. The summed E-state index contributed by atoms with van der Waals surface area (Å²) in [4.78, 5) is 24.4. The number of ketones is 2. The number of nitrogens with one attached hydrogen (secondary N) is 1. The van der Waals surface area contributed by atoms with Crippen molar-refractivity contribution in [3.8, 4) is 0 Å². The van der Waals surface area contributed by atoms with E-state index in [9.17, 15) is 9.59 Å². The highest BCUT2D eigenvalue weighted by atomic mass is 35.5. The molecule has 0 bridgehead atoms. The quantitative estimate of drug-likeness (QED) is 0.894. The minimum absolute atomic E-state index is 0.197. The van der Waals surface area contributed by atoms with E-state index in [1.807, 2.05) is 0 Å². The summed E-state index contributed by atoms with van der Waals surface area (Å²) in [6.45, 7) is 0. The van der Waals surface area contributed by atoms with E-state index in [0.717, 1.165) is 0 Å². The number of hydrogen-bond donors (Lipinski definition) is 1. The summed E-state index contributed by atoms with van der Waals surface area (Å²) >= 11 is 11.9. The van der Waals surface area contributed by atoms with Crippen LogP contribution in [0.3, 0.4) is 0 Å². The van der Waals surface area contributed by atoms with Crippen LogP contribution in [-0.2, 0) is 0 Å². The smallest absolute Gasteiger partial charge is 0.210 e. The molecule has 0 spiro atoms. The molecule has 2 aromatic rings. The molecule has 0 saturated carbocycles. The highest BCUT2D eigenvalue weighted by molar-refractivity contribution is 6.36. The number of rotatable bonds is 2. The van der Waals surface area contributed by atoms with E-state index < -0.39 is 0 Å². The lowest BCUT2D eigenvalue weighted by Gasteiger charge is -2.17. The molecule has 104 valence electrons. The second kappa shape index (κ2) is 5.35. The molecule has 0 fully saturated rings. The first-order chi connectivity index (χ1) is 10.1. The van der Waals surface area contributed by atoms with Crippen molar-refractivity contribution in [3.63, 3.8) is 0 Å². The Balaban J connectivity index is 1.97. The van der Waals surface area contributed by atoms with Gasteiger partial charge >= 0.3 is 0 Å². The standard InChI is InChI=1S/C16H9Cl2NO2/c17-9-5-6-13(12(18)7-9)19-14-8-15(20)10-3-1-2-4-11(10)16(14)21/h1-8,19H. The number of anilines is 1. The van der Waals surface area contributed by atoms with Crippen molar-refractivity contribution in [1.29, 1.82) is 0 Å². The molecule has 5 heteroatoms. The van der Waals surface area contributed by atoms with Gasteiger partial charge in [-0.15, -0.1) is 0 Å². The van der Waals surface area contributed by atoms with Crippen molar-refractivity contribution >= 4 is 40.5 Å². The third kappa shape index (κ3) is 2.58. The molecule has 0 atom stereocenters. The second-order valence-electron chi connectivity index (χ2n) is 4.55. The highest BCUT2D eigenvalue weighted by Crippen LogP contribution is 2.28. The van der Waals surface area contributed by atoms with Crippen molar-refractivity contribution in [1.82, 2.24) is 0 Å². The van der Waals surface area contributed by atoms with Gasteiger partial charge in [-0.1, -0.05) is 47.5 Å². The molecule has 0 radical (unpaired) electrons. The highest BCUT2D eigenvalue weighted by Gasteiger charge is 2.25. The molecule has 0 amide bonds. The fourth-order valence-corrected chi connectivity index (χ4v) is 2.60. The van der Waals surface area contributed by atoms with Crippen LogP contribution in [0.15, 0.2) is 54.2 Å². The SMILES string of the molecule is O=C1C=C(Nc2ccc(Cl)cc2Cl)C(=O)c2ccccc21. The lowest BCUT2D eigenvalue weighted by atomic mass is 9.92. The van der Waals surface area contributed by atoms with Crippen LogP contribution in [0.5, 0.6) is 0 Å². The van der Waals surface area contributed by atoms with E-state index in [2.05, 4.69) is 5.32 Å². The van der Waals surface area contributed by atoms with Gasteiger partial charge in [0.25, 0.3) is 0 Å². The largest absolute Gasteiger partial charge is 0.351 e. The predicted molar refractivity (Wildman–Crippen MR) is 83.3 cm³/mol. The van der Waals surface area contributed by atoms with Crippen molar-refractivity contribution in [3.05, 3.63) is 75.4 Å². The van der Waals surface area contributed by atoms with Crippen LogP contribution in [0, 0.1) is 0 Å². The Kier molecular flexibility index (Phi) is 3.53. The Hall–Kier alpha value is -2.10. The van der Waals surface area contributed by atoms with Crippen LogP contribution >= 0.6 is 23.2 Å². The number of carbonyl (C=O) groups is 2. The van der Waals surface area contributed by atoms with Gasteiger partial charge in [0.1, 0.15) is 0 Å². The minimum atomic E-state index is -0.240. The average molecular weight is 318 g/mol. The van der Waals surface area contributed by atoms with Gasteiger partial charge in [-0.2, -0.15) is 0 Å². The first kappa shape index (κ1) is 13.9. The van der Waals surface area contributed by atoms with Crippen molar-refractivity contribution < 1.29 is 9.59 Å². The van der Waals surface area contributed by atoms with Crippen LogP contribution in [0.2, 0.25) is 10.0 Å². The molecule has 0 heterocycles. The van der Waals surface area contributed by atoms with Gasteiger partial charge in [0.2, 0.25) is 5.78 Å². The molecule has 1 aliphatic rings. The van der Waals surface area contributed by atoms with Gasteiger partial charge in [0.05, 0.1) is 16.4 Å². The van der Waals surface area contributed by atoms with E-state index in [-0.39, 0.29) is 17.3 Å². The lowest BCUT2D eigenvalue weighted by molar-refractivity contribution is 0.0985. The van der Waals surface area contributed by atoms with Gasteiger partial charge in [-0.25, -0.2) is 0 Å². The molecule has 3 nitrogen and oxygen atoms in total. The second-order valence-corrected chi connectivity index (χ2v) is 5.39. The fraction of sp³-hybridized carbons (Fsp3) is 0. The van der Waals surface area contributed by atoms with Crippen molar-refractivity contribution in [2.45, 2.75) is 0 Å². The van der Waals surface area contributed by atoms with Crippen LogP contribution < -0.4 is 5.32 Å². The molecule has 0 aromatic heterocycles. The normalized spacial score (nSPS) is 13.7. The van der Waals surface area contributed by atoms with Crippen molar-refractivity contribution in [2.75, 3.05) is 5.32 Å². The fourth-order valence-electron chi connectivity index (χ4n) is 2.14. The zero-order chi connectivity index (χ0) is 15.0. The Morgan fingerprint density at radius 2 is 1.62 bits per heavy atom. The van der Waals surface area contributed by atoms with Gasteiger partial charge < -0.3 is 5.32 Å². The van der Waals surface area contributed by atoms with E-state index in [0.29, 0.717) is 26.9 Å². The first-order valence-electron chi connectivity index (χ1n) is 6.18. The summed E-state index contributed by atoms with van der Waals surface area (Å²) in [6, 6.07) is 11.6. The molecule has 21 heavy (non-hydrogen) atoms. The summed E-state index contributed by atoms with van der Waals surface area (Å²) in [7, 11) is 0. The van der Waals surface area contributed by atoms with Gasteiger partial charge in [-0.05, 0) is 18.2 Å². The predicted octanol–water partition coefficient (Wildman–Crippen LogP) is 4.37. The van der Waals surface area contributed by atoms with E-state index in [4.69, 9.17) is 23.2 Å². The summed E-state index contributed by atoms with van der Waals surface area (Å²) in [6.07, 6.45) is 1.29. The van der Waals surface area contributed by atoms with Crippen LogP contribution in [-0.4, -0.2) is 11.6 Å². The Morgan fingerprint density at radius 1 is 0.905 bits per heavy atom. The van der Waals surface area contributed by atoms with E-state index in [1.165, 1.54) is 6.08 Å². The van der Waals surface area contributed by atoms with E-state index in [1.54, 1.807) is 42.5 Å². The Morgan fingerprint density at radius 3 is 2.33 bits per heavy atom. The summed E-state index contributed by atoms with van der Waals surface area (Å²) < 4.78 is 0. The average Bonchev–Trinajstić information content (AvgIpc) is 2.47. The van der Waals surface area contributed by atoms with E-state index >= 15 is 0 Å². The number of fused-ring (bicyclic) bond motifs is 1. The minimum Gasteiger partial charge on any atom is -0.351 e. The number of hydrogen-bond acceptors (Lipinski definition) is 3. The number of benzene rings is 2. The maximum Gasteiger partial charge on any atom is 0.210 e. The molecular weight excluding hydrogens is 309 g/mol. The zero-order valence-corrected chi connectivity index (χ0v) is 12.2. The zero-order valence-electron chi connectivity index (χ0n) is 10.7. The molecule has 0 unspecified atom stereocenters. The summed E-state index contributed by atoms with van der Waals surface area (Å²) in [5.74, 6) is -0.450. The number of allylic oxidation sites excluding steroid dienone is 2. The van der Waals surface area contributed by atoms with Gasteiger partial charge in [0.15, 0.2) is 5.78 Å². The Labute approximate surface area is 131 Å². The topological polar surface area (TPSA) is 46.2 Å². The summed E-state index contributed by atoms with van der Waals surface area (Å²) in [5.41, 5.74) is 1.52. The lowest BCUT2D eigenvalue weighted by Crippen LogP contribution is -2.21. The molecule has 1 aliphatic carbocycles. The maximum absolute atomic E-state index is 12.4.